The van der Waals surface area contributed by atoms with Crippen LogP contribution in [0.4, 0.5) is 0 Å². The highest BCUT2D eigenvalue weighted by Gasteiger charge is 2.09. The molecule has 0 aliphatic heterocycles. The molecule has 0 saturated heterocycles. The van der Waals surface area contributed by atoms with E-state index in [1.807, 2.05) is 31.2 Å². The molecule has 0 aromatic heterocycles. The summed E-state index contributed by atoms with van der Waals surface area (Å²) < 4.78 is 0. The van der Waals surface area contributed by atoms with Crippen molar-refractivity contribution in [2.45, 2.75) is 26.7 Å². The molecule has 0 radical (unpaired) electrons. The number of carbonyl (C=O) groups excluding carboxylic acids is 1. The molecule has 1 atom stereocenters. The van der Waals surface area contributed by atoms with Crippen molar-refractivity contribution >= 4 is 5.91 Å². The second-order valence-corrected chi connectivity index (χ2v) is 4.37. The lowest BCUT2D eigenvalue weighted by Crippen LogP contribution is -2.29. The number of hydrogen-bond acceptors (Lipinski definition) is 2. The van der Waals surface area contributed by atoms with Gasteiger partial charge in [-0.25, -0.2) is 0 Å². The number of aliphatic hydroxyl groups excluding tert-OH is 1. The van der Waals surface area contributed by atoms with Crippen molar-refractivity contribution in [3.63, 3.8) is 0 Å². The lowest BCUT2D eigenvalue weighted by Gasteiger charge is -2.14. The summed E-state index contributed by atoms with van der Waals surface area (Å²) in [6, 6.07) is 7.55. The third-order valence-electron chi connectivity index (χ3n) is 2.95. The Hall–Kier alpha value is -1.35. The molecule has 0 heterocycles. The zero-order valence-corrected chi connectivity index (χ0v) is 10.6. The van der Waals surface area contributed by atoms with Gasteiger partial charge in [0.05, 0.1) is 0 Å². The van der Waals surface area contributed by atoms with Gasteiger partial charge < -0.3 is 10.4 Å². The summed E-state index contributed by atoms with van der Waals surface area (Å²) in [6.45, 7) is 4.85. The Labute approximate surface area is 103 Å². The number of rotatable bonds is 6. The van der Waals surface area contributed by atoms with Gasteiger partial charge in [-0.15, -0.1) is 0 Å². The van der Waals surface area contributed by atoms with Gasteiger partial charge in [0.2, 0.25) is 0 Å². The Morgan fingerprint density at radius 3 is 2.82 bits per heavy atom. The number of aryl methyl sites for hydroxylation is 1. The fourth-order valence-corrected chi connectivity index (χ4v) is 1.76. The SMILES string of the molecule is CCC(CCO)CNC(=O)c1cccc(C)c1. The van der Waals surface area contributed by atoms with Crippen LogP contribution in [0.5, 0.6) is 0 Å². The van der Waals surface area contributed by atoms with Crippen LogP contribution in [0, 0.1) is 12.8 Å². The Morgan fingerprint density at radius 1 is 1.47 bits per heavy atom. The maximum atomic E-state index is 11.8. The molecular formula is C14H21NO2. The average molecular weight is 235 g/mol. The van der Waals surface area contributed by atoms with E-state index in [9.17, 15) is 4.79 Å². The Balaban J connectivity index is 2.49. The van der Waals surface area contributed by atoms with Gasteiger partial charge in [-0.3, -0.25) is 4.79 Å². The highest BCUT2D eigenvalue weighted by atomic mass is 16.3. The van der Waals surface area contributed by atoms with Crippen LogP contribution in [-0.4, -0.2) is 24.2 Å². The first-order chi connectivity index (χ1) is 8.17. The summed E-state index contributed by atoms with van der Waals surface area (Å²) in [5.41, 5.74) is 1.78. The summed E-state index contributed by atoms with van der Waals surface area (Å²) in [7, 11) is 0. The van der Waals surface area contributed by atoms with Crippen molar-refractivity contribution in [3.8, 4) is 0 Å². The van der Waals surface area contributed by atoms with Crippen molar-refractivity contribution in [1.29, 1.82) is 0 Å². The third kappa shape index (κ3) is 4.57. The number of benzene rings is 1. The van der Waals surface area contributed by atoms with Gasteiger partial charge in [-0.1, -0.05) is 31.0 Å². The van der Waals surface area contributed by atoms with E-state index in [1.54, 1.807) is 0 Å². The number of nitrogens with one attached hydrogen (secondary N) is 1. The van der Waals surface area contributed by atoms with Crippen LogP contribution in [-0.2, 0) is 0 Å². The molecule has 1 rings (SSSR count). The molecule has 1 aromatic carbocycles. The fourth-order valence-electron chi connectivity index (χ4n) is 1.76. The molecule has 1 unspecified atom stereocenters. The number of hydrogen-bond donors (Lipinski definition) is 2. The first-order valence-electron chi connectivity index (χ1n) is 6.13. The Bertz CT molecular complexity index is 363. The minimum atomic E-state index is -0.0370. The molecular weight excluding hydrogens is 214 g/mol. The van der Waals surface area contributed by atoms with E-state index in [0.29, 0.717) is 18.0 Å². The highest BCUT2D eigenvalue weighted by Crippen LogP contribution is 2.07. The molecule has 3 nitrogen and oxygen atoms in total. The lowest BCUT2D eigenvalue weighted by atomic mass is 10.0. The maximum Gasteiger partial charge on any atom is 0.251 e. The van der Waals surface area contributed by atoms with Gasteiger partial charge >= 0.3 is 0 Å². The van der Waals surface area contributed by atoms with Gasteiger partial charge in [0.25, 0.3) is 5.91 Å². The van der Waals surface area contributed by atoms with E-state index in [4.69, 9.17) is 5.11 Å². The standard InChI is InChI=1S/C14H21NO2/c1-3-12(7-8-16)10-15-14(17)13-6-4-5-11(2)9-13/h4-6,9,12,16H,3,7-8,10H2,1-2H3,(H,15,17). The molecule has 0 aliphatic rings. The van der Waals surface area contributed by atoms with E-state index >= 15 is 0 Å². The fraction of sp³-hybridized carbons (Fsp3) is 0.500. The number of amides is 1. The van der Waals surface area contributed by atoms with Crippen molar-refractivity contribution in [3.05, 3.63) is 35.4 Å². The first-order valence-corrected chi connectivity index (χ1v) is 6.13. The molecule has 0 saturated carbocycles. The van der Waals surface area contributed by atoms with Crippen LogP contribution in [0.25, 0.3) is 0 Å². The van der Waals surface area contributed by atoms with Crippen LogP contribution < -0.4 is 5.32 Å². The minimum Gasteiger partial charge on any atom is -0.396 e. The van der Waals surface area contributed by atoms with E-state index in [-0.39, 0.29) is 12.5 Å². The second kappa shape index (κ2) is 7.07. The molecule has 1 amide bonds. The van der Waals surface area contributed by atoms with Crippen LogP contribution in [0.15, 0.2) is 24.3 Å². The maximum absolute atomic E-state index is 11.8. The van der Waals surface area contributed by atoms with Crippen molar-refractivity contribution in [2.24, 2.45) is 5.92 Å². The summed E-state index contributed by atoms with van der Waals surface area (Å²) in [5, 5.41) is 11.8. The Kier molecular flexibility index (Phi) is 5.70. The van der Waals surface area contributed by atoms with Crippen molar-refractivity contribution in [2.75, 3.05) is 13.2 Å². The van der Waals surface area contributed by atoms with E-state index in [0.717, 1.165) is 18.4 Å². The van der Waals surface area contributed by atoms with E-state index < -0.39 is 0 Å². The molecule has 0 aliphatic carbocycles. The van der Waals surface area contributed by atoms with Gasteiger partial charge in [0.1, 0.15) is 0 Å². The van der Waals surface area contributed by atoms with Crippen molar-refractivity contribution < 1.29 is 9.90 Å². The zero-order valence-electron chi connectivity index (χ0n) is 10.6. The zero-order chi connectivity index (χ0) is 12.7. The van der Waals surface area contributed by atoms with Crippen molar-refractivity contribution in [1.82, 2.24) is 5.32 Å². The highest BCUT2D eigenvalue weighted by molar-refractivity contribution is 5.94. The van der Waals surface area contributed by atoms with Gasteiger partial charge in [-0.05, 0) is 31.4 Å². The molecule has 2 N–H and O–H groups in total. The van der Waals surface area contributed by atoms with Crippen LogP contribution in [0.3, 0.4) is 0 Å². The number of carbonyl (C=O) groups is 1. The van der Waals surface area contributed by atoms with Crippen LogP contribution in [0.2, 0.25) is 0 Å². The summed E-state index contributed by atoms with van der Waals surface area (Å²) in [4.78, 5) is 11.8. The Morgan fingerprint density at radius 2 is 2.24 bits per heavy atom. The quantitative estimate of drug-likeness (QED) is 0.793. The molecule has 0 fully saturated rings. The average Bonchev–Trinajstić information content (AvgIpc) is 2.34. The topological polar surface area (TPSA) is 49.3 Å². The normalized spacial score (nSPS) is 12.2. The summed E-state index contributed by atoms with van der Waals surface area (Å²) in [6.07, 6.45) is 1.71. The smallest absolute Gasteiger partial charge is 0.251 e. The van der Waals surface area contributed by atoms with Gasteiger partial charge in [-0.2, -0.15) is 0 Å². The third-order valence-corrected chi connectivity index (χ3v) is 2.95. The molecule has 0 spiro atoms. The van der Waals surface area contributed by atoms with Crippen LogP contribution in [0.1, 0.15) is 35.7 Å². The summed E-state index contributed by atoms with van der Waals surface area (Å²) in [5.74, 6) is 0.318. The predicted octanol–water partition coefficient (Wildman–Crippen LogP) is 2.13. The van der Waals surface area contributed by atoms with Gasteiger partial charge in [0, 0.05) is 18.7 Å². The predicted molar refractivity (Wildman–Crippen MR) is 69.0 cm³/mol. The van der Waals surface area contributed by atoms with E-state index in [2.05, 4.69) is 12.2 Å². The van der Waals surface area contributed by atoms with Crippen LogP contribution >= 0.6 is 0 Å². The minimum absolute atomic E-state index is 0.0370. The molecule has 3 heteroatoms. The monoisotopic (exact) mass is 235 g/mol. The largest absolute Gasteiger partial charge is 0.396 e. The molecule has 1 aromatic rings. The van der Waals surface area contributed by atoms with Gasteiger partial charge in [0.15, 0.2) is 0 Å². The molecule has 0 bridgehead atoms. The van der Waals surface area contributed by atoms with E-state index in [1.165, 1.54) is 0 Å². The molecule has 94 valence electrons. The number of aliphatic hydroxyl groups is 1. The lowest BCUT2D eigenvalue weighted by molar-refractivity contribution is 0.0943. The summed E-state index contributed by atoms with van der Waals surface area (Å²) >= 11 is 0. The first kappa shape index (κ1) is 13.7. The second-order valence-electron chi connectivity index (χ2n) is 4.37. The molecule has 17 heavy (non-hydrogen) atoms.